The van der Waals surface area contributed by atoms with Gasteiger partial charge in [-0.2, -0.15) is 0 Å². The summed E-state index contributed by atoms with van der Waals surface area (Å²) in [7, 11) is 0. The Morgan fingerprint density at radius 3 is 2.73 bits per heavy atom. The zero-order valence-corrected chi connectivity index (χ0v) is 9.45. The monoisotopic (exact) mass is 204 g/mol. The van der Waals surface area contributed by atoms with Crippen LogP contribution in [0.5, 0.6) is 0 Å². The lowest BCUT2D eigenvalue weighted by molar-refractivity contribution is -0.0217. The summed E-state index contributed by atoms with van der Waals surface area (Å²) >= 11 is 0. The van der Waals surface area contributed by atoms with Gasteiger partial charge in [-0.3, -0.25) is 0 Å². The van der Waals surface area contributed by atoms with E-state index in [1.165, 1.54) is 12.8 Å². The van der Waals surface area contributed by atoms with Gasteiger partial charge in [-0.25, -0.2) is 0 Å². The van der Waals surface area contributed by atoms with Crippen LogP contribution < -0.4 is 0 Å². The topological polar surface area (TPSA) is 20.2 Å². The molecule has 1 nitrogen and oxygen atoms in total. The first-order valence-corrected chi connectivity index (χ1v) is 6.02. The second kappa shape index (κ2) is 4.36. The number of benzene rings is 1. The van der Waals surface area contributed by atoms with Gasteiger partial charge in [0.2, 0.25) is 0 Å². The predicted molar refractivity (Wildman–Crippen MR) is 62.6 cm³/mol. The maximum Gasteiger partial charge on any atom is 0.0899 e. The summed E-state index contributed by atoms with van der Waals surface area (Å²) in [5.74, 6) is 0.698. The molecule has 1 fully saturated rings. The van der Waals surface area contributed by atoms with E-state index in [2.05, 4.69) is 19.1 Å². The molecule has 0 heterocycles. The molecule has 1 saturated carbocycles. The van der Waals surface area contributed by atoms with E-state index in [1.54, 1.807) is 0 Å². The SMILES string of the molecule is CC[C@H]1CCCC(O)(c2ccccc2)C1. The fourth-order valence-corrected chi connectivity index (χ4v) is 2.72. The van der Waals surface area contributed by atoms with E-state index in [9.17, 15) is 5.11 Å². The molecule has 1 aliphatic rings. The summed E-state index contributed by atoms with van der Waals surface area (Å²) in [6, 6.07) is 10.1. The molecule has 2 atom stereocenters. The van der Waals surface area contributed by atoms with Crippen LogP contribution in [0.2, 0.25) is 0 Å². The van der Waals surface area contributed by atoms with Crippen molar-refractivity contribution in [2.45, 2.75) is 44.6 Å². The van der Waals surface area contributed by atoms with Gasteiger partial charge in [-0.15, -0.1) is 0 Å². The molecule has 0 radical (unpaired) electrons. The third-order valence-corrected chi connectivity index (χ3v) is 3.72. The Balaban J connectivity index is 2.19. The first-order chi connectivity index (χ1) is 7.24. The average Bonchev–Trinajstić information content (AvgIpc) is 2.30. The Labute approximate surface area is 92.1 Å². The van der Waals surface area contributed by atoms with Crippen LogP contribution in [0, 0.1) is 5.92 Å². The van der Waals surface area contributed by atoms with Gasteiger partial charge in [-0.05, 0) is 30.7 Å². The van der Waals surface area contributed by atoms with Crippen molar-refractivity contribution in [3.8, 4) is 0 Å². The highest BCUT2D eigenvalue weighted by Gasteiger charge is 2.34. The van der Waals surface area contributed by atoms with Gasteiger partial charge in [0, 0.05) is 0 Å². The molecule has 0 bridgehead atoms. The van der Waals surface area contributed by atoms with Crippen molar-refractivity contribution in [2.24, 2.45) is 5.92 Å². The molecule has 0 spiro atoms. The third kappa shape index (κ3) is 2.23. The van der Waals surface area contributed by atoms with Crippen LogP contribution in [0.1, 0.15) is 44.6 Å². The van der Waals surface area contributed by atoms with E-state index < -0.39 is 5.60 Å². The van der Waals surface area contributed by atoms with Crippen molar-refractivity contribution in [3.63, 3.8) is 0 Å². The first kappa shape index (κ1) is 10.7. The Morgan fingerprint density at radius 2 is 2.07 bits per heavy atom. The van der Waals surface area contributed by atoms with Crippen molar-refractivity contribution in [2.75, 3.05) is 0 Å². The summed E-state index contributed by atoms with van der Waals surface area (Å²) in [6.07, 6.45) is 5.49. The molecule has 82 valence electrons. The molecule has 0 aromatic heterocycles. The molecule has 0 amide bonds. The quantitative estimate of drug-likeness (QED) is 0.782. The van der Waals surface area contributed by atoms with Crippen LogP contribution >= 0.6 is 0 Å². The second-order valence-corrected chi connectivity index (χ2v) is 4.77. The van der Waals surface area contributed by atoms with Crippen molar-refractivity contribution in [1.82, 2.24) is 0 Å². The van der Waals surface area contributed by atoms with E-state index >= 15 is 0 Å². The summed E-state index contributed by atoms with van der Waals surface area (Å²) in [4.78, 5) is 0. The highest BCUT2D eigenvalue weighted by Crippen LogP contribution is 2.40. The van der Waals surface area contributed by atoms with Crippen molar-refractivity contribution < 1.29 is 5.11 Å². The van der Waals surface area contributed by atoms with Gasteiger partial charge < -0.3 is 5.11 Å². The number of hydrogen-bond donors (Lipinski definition) is 1. The zero-order valence-electron chi connectivity index (χ0n) is 9.45. The number of aliphatic hydroxyl groups is 1. The Kier molecular flexibility index (Phi) is 3.11. The minimum Gasteiger partial charge on any atom is -0.385 e. The van der Waals surface area contributed by atoms with Gasteiger partial charge in [0.05, 0.1) is 5.60 Å². The van der Waals surface area contributed by atoms with Gasteiger partial charge in [-0.1, -0.05) is 50.1 Å². The highest BCUT2D eigenvalue weighted by atomic mass is 16.3. The Morgan fingerprint density at radius 1 is 1.33 bits per heavy atom. The summed E-state index contributed by atoms with van der Waals surface area (Å²) in [5, 5.41) is 10.6. The standard InChI is InChI=1S/C14H20O/c1-2-12-7-6-10-14(15,11-12)13-8-4-3-5-9-13/h3-5,8-9,12,15H,2,6-7,10-11H2,1H3/t12-,14?/m0/s1. The normalized spacial score (nSPS) is 31.5. The highest BCUT2D eigenvalue weighted by molar-refractivity contribution is 5.22. The molecular formula is C14H20O. The average molecular weight is 204 g/mol. The lowest BCUT2D eigenvalue weighted by Crippen LogP contribution is -2.32. The van der Waals surface area contributed by atoms with Crippen molar-refractivity contribution in [3.05, 3.63) is 35.9 Å². The molecule has 1 unspecified atom stereocenters. The van der Waals surface area contributed by atoms with Gasteiger partial charge in [0.1, 0.15) is 0 Å². The molecule has 1 heteroatoms. The predicted octanol–water partition coefficient (Wildman–Crippen LogP) is 3.47. The van der Waals surface area contributed by atoms with Gasteiger partial charge in [0.25, 0.3) is 0 Å². The molecule has 1 aromatic carbocycles. The van der Waals surface area contributed by atoms with E-state index in [0.717, 1.165) is 24.8 Å². The fraction of sp³-hybridized carbons (Fsp3) is 0.571. The lowest BCUT2D eigenvalue weighted by atomic mass is 9.74. The Hall–Kier alpha value is -0.820. The van der Waals surface area contributed by atoms with Crippen LogP contribution in [-0.2, 0) is 5.60 Å². The molecule has 1 N–H and O–H groups in total. The minimum atomic E-state index is -0.555. The molecule has 1 aromatic rings. The number of rotatable bonds is 2. The van der Waals surface area contributed by atoms with Gasteiger partial charge in [0.15, 0.2) is 0 Å². The molecule has 1 aliphatic carbocycles. The Bertz CT molecular complexity index is 306. The molecule has 2 rings (SSSR count). The third-order valence-electron chi connectivity index (χ3n) is 3.72. The van der Waals surface area contributed by atoms with Crippen molar-refractivity contribution >= 4 is 0 Å². The van der Waals surface area contributed by atoms with E-state index in [1.807, 2.05) is 18.2 Å². The largest absolute Gasteiger partial charge is 0.385 e. The summed E-state index contributed by atoms with van der Waals surface area (Å²) < 4.78 is 0. The number of hydrogen-bond acceptors (Lipinski definition) is 1. The van der Waals surface area contributed by atoms with Crippen LogP contribution in [0.3, 0.4) is 0 Å². The fourth-order valence-electron chi connectivity index (χ4n) is 2.72. The van der Waals surface area contributed by atoms with Crippen LogP contribution in [-0.4, -0.2) is 5.11 Å². The van der Waals surface area contributed by atoms with E-state index in [4.69, 9.17) is 0 Å². The summed E-state index contributed by atoms with van der Waals surface area (Å²) in [5.41, 5.74) is 0.545. The zero-order chi connectivity index (χ0) is 10.7. The molecular weight excluding hydrogens is 184 g/mol. The minimum absolute atomic E-state index is 0.555. The first-order valence-electron chi connectivity index (χ1n) is 6.02. The maximum absolute atomic E-state index is 10.6. The van der Waals surface area contributed by atoms with E-state index in [-0.39, 0.29) is 0 Å². The van der Waals surface area contributed by atoms with Crippen LogP contribution in [0.25, 0.3) is 0 Å². The van der Waals surface area contributed by atoms with Gasteiger partial charge >= 0.3 is 0 Å². The maximum atomic E-state index is 10.6. The molecule has 0 aliphatic heterocycles. The van der Waals surface area contributed by atoms with E-state index in [0.29, 0.717) is 5.92 Å². The molecule has 15 heavy (non-hydrogen) atoms. The van der Waals surface area contributed by atoms with Crippen LogP contribution in [0.4, 0.5) is 0 Å². The lowest BCUT2D eigenvalue weighted by Gasteiger charge is -2.37. The second-order valence-electron chi connectivity index (χ2n) is 4.77. The molecule has 0 saturated heterocycles. The van der Waals surface area contributed by atoms with Crippen molar-refractivity contribution in [1.29, 1.82) is 0 Å². The van der Waals surface area contributed by atoms with Crippen LogP contribution in [0.15, 0.2) is 30.3 Å². The summed E-state index contributed by atoms with van der Waals surface area (Å²) in [6.45, 7) is 2.22. The smallest absolute Gasteiger partial charge is 0.0899 e.